The number of hydrogen-bond donors (Lipinski definition) is 3. The Kier molecular flexibility index (Phi) is 44.3. The lowest BCUT2D eigenvalue weighted by molar-refractivity contribution is -0.161. The van der Waals surface area contributed by atoms with Crippen LogP contribution in [0.1, 0.15) is 239 Å². The molecule has 0 aromatic carbocycles. The van der Waals surface area contributed by atoms with Crippen LogP contribution in [0, 0.1) is 0 Å². The zero-order valence-electron chi connectivity index (χ0n) is 38.7. The molecule has 0 bridgehead atoms. The number of phosphoric ester groups is 1. The van der Waals surface area contributed by atoms with Crippen molar-refractivity contribution >= 4 is 19.8 Å². The molecule has 0 aliphatic carbocycles. The Morgan fingerprint density at radius 1 is 0.500 bits per heavy atom. The summed E-state index contributed by atoms with van der Waals surface area (Å²) in [7, 11) is -4.63. The second-order valence-corrected chi connectivity index (χ2v) is 18.3. The van der Waals surface area contributed by atoms with Gasteiger partial charge in [-0.25, -0.2) is 4.57 Å². The molecule has 0 aliphatic rings. The van der Waals surface area contributed by atoms with E-state index in [4.69, 9.17) is 23.6 Å². The third-order valence-corrected chi connectivity index (χ3v) is 11.8. The van der Waals surface area contributed by atoms with Gasteiger partial charge in [0.05, 0.1) is 19.8 Å². The van der Waals surface area contributed by atoms with Gasteiger partial charge < -0.3 is 24.6 Å². The number of allylic oxidation sites excluding steroid dienone is 4. The van der Waals surface area contributed by atoms with Crippen molar-refractivity contribution in [3.8, 4) is 0 Å². The highest BCUT2D eigenvalue weighted by Gasteiger charge is 2.27. The molecule has 0 saturated carbocycles. The van der Waals surface area contributed by atoms with Crippen LogP contribution in [0.25, 0.3) is 0 Å². The molecule has 0 rings (SSSR count). The lowest BCUT2D eigenvalue weighted by atomic mass is 10.0. The minimum absolute atomic E-state index is 0.124. The standard InChI is InChI=1S/C49H93O10P/c1-3-5-7-9-11-13-15-17-19-21-22-23-25-26-28-30-32-34-36-38-40-48(52)56-44-47(45-58-60(54,55)57-43-46(51)42-50)59-49(53)41-39-37-35-33-31-29-27-24-20-18-16-14-12-10-8-6-4-2/h27,29,33,35,46-47,50-51H,3-26,28,30-32,34,36-45H2,1-2H3,(H,54,55)/b29-27+,35-33+/t46-,47+/m0/s1. The molecule has 0 saturated heterocycles. The Labute approximate surface area is 368 Å². The normalized spacial score (nSPS) is 13.9. The van der Waals surface area contributed by atoms with Gasteiger partial charge in [-0.1, -0.05) is 212 Å². The molecule has 354 valence electrons. The summed E-state index contributed by atoms with van der Waals surface area (Å²) < 4.78 is 32.8. The van der Waals surface area contributed by atoms with Crippen LogP contribution < -0.4 is 0 Å². The minimum atomic E-state index is -4.63. The van der Waals surface area contributed by atoms with Crippen LogP contribution >= 0.6 is 7.82 Å². The van der Waals surface area contributed by atoms with Crippen molar-refractivity contribution in [2.75, 3.05) is 26.4 Å². The van der Waals surface area contributed by atoms with E-state index in [2.05, 4.69) is 32.1 Å². The van der Waals surface area contributed by atoms with Gasteiger partial charge in [0.2, 0.25) is 0 Å². The number of unbranched alkanes of at least 4 members (excludes halogenated alkanes) is 29. The van der Waals surface area contributed by atoms with Gasteiger partial charge in [-0.3, -0.25) is 18.6 Å². The number of carbonyl (C=O) groups is 2. The summed E-state index contributed by atoms with van der Waals surface area (Å²) in [5.74, 6) is -0.965. The van der Waals surface area contributed by atoms with Gasteiger partial charge >= 0.3 is 19.8 Å². The molecule has 1 unspecified atom stereocenters. The van der Waals surface area contributed by atoms with Crippen LogP contribution in [-0.2, 0) is 32.7 Å². The van der Waals surface area contributed by atoms with Crippen molar-refractivity contribution in [2.24, 2.45) is 0 Å². The molecule has 0 aromatic rings. The predicted octanol–water partition coefficient (Wildman–Crippen LogP) is 13.7. The first kappa shape index (κ1) is 58.5. The molecule has 0 fully saturated rings. The van der Waals surface area contributed by atoms with E-state index in [1.807, 2.05) is 6.08 Å². The highest BCUT2D eigenvalue weighted by molar-refractivity contribution is 7.47. The molecule has 0 aliphatic heterocycles. The summed E-state index contributed by atoms with van der Waals surface area (Å²) >= 11 is 0. The smallest absolute Gasteiger partial charge is 0.462 e. The zero-order chi connectivity index (χ0) is 44.0. The van der Waals surface area contributed by atoms with Crippen LogP contribution in [-0.4, -0.2) is 65.7 Å². The number of esters is 2. The van der Waals surface area contributed by atoms with Gasteiger partial charge in [-0.05, 0) is 38.5 Å². The molecule has 3 N–H and O–H groups in total. The monoisotopic (exact) mass is 873 g/mol. The number of aliphatic hydroxyl groups excluding tert-OH is 2. The van der Waals surface area contributed by atoms with E-state index in [0.29, 0.717) is 19.3 Å². The molecule has 0 amide bonds. The van der Waals surface area contributed by atoms with E-state index in [-0.39, 0.29) is 19.4 Å². The summed E-state index contributed by atoms with van der Waals surface area (Å²) in [6.45, 7) is 2.38. The lowest BCUT2D eigenvalue weighted by Crippen LogP contribution is -2.29. The molecule has 60 heavy (non-hydrogen) atoms. The summed E-state index contributed by atoms with van der Waals surface area (Å²) in [4.78, 5) is 35.1. The minimum Gasteiger partial charge on any atom is -0.462 e. The Balaban J connectivity index is 4.22. The number of hydrogen-bond acceptors (Lipinski definition) is 9. The predicted molar refractivity (Wildman–Crippen MR) is 247 cm³/mol. The third kappa shape index (κ3) is 44.5. The van der Waals surface area contributed by atoms with Crippen molar-refractivity contribution in [2.45, 2.75) is 251 Å². The van der Waals surface area contributed by atoms with Crippen LogP contribution in [0.3, 0.4) is 0 Å². The molecule has 0 aromatic heterocycles. The molecular weight excluding hydrogens is 780 g/mol. The quantitative estimate of drug-likeness (QED) is 0.0233. The van der Waals surface area contributed by atoms with Crippen molar-refractivity contribution in [3.63, 3.8) is 0 Å². The number of carbonyl (C=O) groups excluding carboxylic acids is 2. The van der Waals surface area contributed by atoms with Crippen molar-refractivity contribution in [1.29, 1.82) is 0 Å². The fourth-order valence-corrected chi connectivity index (χ4v) is 7.82. The van der Waals surface area contributed by atoms with Crippen molar-refractivity contribution < 1.29 is 47.8 Å². The first-order valence-electron chi connectivity index (χ1n) is 24.8. The van der Waals surface area contributed by atoms with E-state index in [0.717, 1.165) is 32.1 Å². The van der Waals surface area contributed by atoms with Crippen LogP contribution in [0.5, 0.6) is 0 Å². The first-order valence-corrected chi connectivity index (χ1v) is 26.3. The number of aliphatic hydroxyl groups is 2. The molecule has 0 heterocycles. The molecule has 11 heteroatoms. The van der Waals surface area contributed by atoms with E-state index in [1.54, 1.807) is 0 Å². The lowest BCUT2D eigenvalue weighted by Gasteiger charge is -2.20. The van der Waals surface area contributed by atoms with Gasteiger partial charge in [0.15, 0.2) is 6.10 Å². The average Bonchev–Trinajstić information content (AvgIpc) is 3.24. The molecular formula is C49H93O10P. The van der Waals surface area contributed by atoms with Gasteiger partial charge in [0.25, 0.3) is 0 Å². The number of rotatable bonds is 47. The van der Waals surface area contributed by atoms with Gasteiger partial charge in [-0.2, -0.15) is 0 Å². The Morgan fingerprint density at radius 3 is 1.33 bits per heavy atom. The Morgan fingerprint density at radius 2 is 0.883 bits per heavy atom. The zero-order valence-corrected chi connectivity index (χ0v) is 39.6. The summed E-state index contributed by atoms with van der Waals surface area (Å²) in [6, 6.07) is 0. The van der Waals surface area contributed by atoms with E-state index >= 15 is 0 Å². The second-order valence-electron chi connectivity index (χ2n) is 16.8. The van der Waals surface area contributed by atoms with Crippen molar-refractivity contribution in [1.82, 2.24) is 0 Å². The molecule has 0 radical (unpaired) electrons. The van der Waals surface area contributed by atoms with Gasteiger partial charge in [0, 0.05) is 12.8 Å². The maximum absolute atomic E-state index is 12.6. The fourth-order valence-electron chi connectivity index (χ4n) is 7.03. The second kappa shape index (κ2) is 45.5. The largest absolute Gasteiger partial charge is 0.472 e. The van der Waals surface area contributed by atoms with Crippen molar-refractivity contribution in [3.05, 3.63) is 24.3 Å². The van der Waals surface area contributed by atoms with Crippen LogP contribution in [0.15, 0.2) is 24.3 Å². The topological polar surface area (TPSA) is 149 Å². The molecule has 0 spiro atoms. The highest BCUT2D eigenvalue weighted by atomic mass is 31.2. The van der Waals surface area contributed by atoms with E-state index < -0.39 is 51.8 Å². The van der Waals surface area contributed by atoms with E-state index in [1.165, 1.54) is 161 Å². The fraction of sp³-hybridized carbons (Fsp3) is 0.878. The number of ether oxygens (including phenoxy) is 2. The summed E-state index contributed by atoms with van der Waals surface area (Å²) in [5, 5.41) is 18.4. The summed E-state index contributed by atoms with van der Waals surface area (Å²) in [6.07, 6.45) is 47.3. The van der Waals surface area contributed by atoms with E-state index in [9.17, 15) is 24.2 Å². The highest BCUT2D eigenvalue weighted by Crippen LogP contribution is 2.43. The summed E-state index contributed by atoms with van der Waals surface area (Å²) in [5.41, 5.74) is 0. The molecule has 10 nitrogen and oxygen atoms in total. The number of phosphoric acid groups is 1. The average molecular weight is 873 g/mol. The SMILES string of the molecule is CCCCCCCCCCC/C=C/C/C=C/CCCC(=O)O[C@H](COC(=O)CCCCCCCCCCCCCCCCCCCCCC)COP(=O)(O)OC[C@@H](O)CO. The van der Waals surface area contributed by atoms with Crippen LogP contribution in [0.2, 0.25) is 0 Å². The van der Waals surface area contributed by atoms with Gasteiger partial charge in [0.1, 0.15) is 12.7 Å². The first-order chi connectivity index (χ1) is 29.2. The Bertz CT molecular complexity index is 1050. The van der Waals surface area contributed by atoms with Crippen LogP contribution in [0.4, 0.5) is 0 Å². The maximum Gasteiger partial charge on any atom is 0.472 e. The van der Waals surface area contributed by atoms with Gasteiger partial charge in [-0.15, -0.1) is 0 Å². The maximum atomic E-state index is 12.6. The molecule has 3 atom stereocenters. The Hall–Kier alpha value is -1.55. The third-order valence-electron chi connectivity index (χ3n) is 10.9.